The van der Waals surface area contributed by atoms with E-state index in [1.807, 2.05) is 0 Å². The highest BCUT2D eigenvalue weighted by Crippen LogP contribution is 2.23. The molecule has 1 unspecified atom stereocenters. The molecule has 108 valence electrons. The number of hydrogen-bond donors (Lipinski definition) is 1. The summed E-state index contributed by atoms with van der Waals surface area (Å²) >= 11 is 1.78. The van der Waals surface area contributed by atoms with Gasteiger partial charge in [-0.3, -0.25) is 4.90 Å². The van der Waals surface area contributed by atoms with Crippen LogP contribution < -0.4 is 5.32 Å². The molecule has 1 aromatic rings. The average Bonchev–Trinajstić information content (AvgIpc) is 2.96. The number of likely N-dealkylation sites (N-methyl/N-ethyl adjacent to an activating group) is 1. The van der Waals surface area contributed by atoms with Gasteiger partial charge in [-0.05, 0) is 25.9 Å². The zero-order chi connectivity index (χ0) is 13.9. The summed E-state index contributed by atoms with van der Waals surface area (Å²) in [5.41, 5.74) is 1.38. The number of nitrogens with zero attached hydrogens (tertiary/aromatic N) is 2. The van der Waals surface area contributed by atoms with Gasteiger partial charge in [-0.2, -0.15) is 0 Å². The Labute approximate surface area is 121 Å². The number of likely N-dealkylation sites (tertiary alicyclic amines) is 1. The maximum Gasteiger partial charge on any atom is 0.107 e. The van der Waals surface area contributed by atoms with Crippen LogP contribution >= 0.6 is 11.3 Å². The van der Waals surface area contributed by atoms with Crippen molar-refractivity contribution in [3.05, 3.63) is 16.1 Å². The third-order valence-electron chi connectivity index (χ3n) is 3.88. The van der Waals surface area contributed by atoms with Crippen LogP contribution in [0.4, 0.5) is 0 Å². The predicted molar refractivity (Wildman–Crippen MR) is 82.8 cm³/mol. The number of hydrogen-bond acceptors (Lipinski definition) is 4. The normalized spacial score (nSPS) is 21.2. The van der Waals surface area contributed by atoms with Gasteiger partial charge in [0.25, 0.3) is 0 Å². The molecule has 1 atom stereocenters. The van der Waals surface area contributed by atoms with Gasteiger partial charge in [0.1, 0.15) is 5.01 Å². The number of aromatic nitrogens is 1. The van der Waals surface area contributed by atoms with Crippen molar-refractivity contribution in [3.63, 3.8) is 0 Å². The van der Waals surface area contributed by atoms with E-state index in [1.165, 1.54) is 36.6 Å². The summed E-state index contributed by atoms with van der Waals surface area (Å²) < 4.78 is 0. The Morgan fingerprint density at radius 1 is 1.47 bits per heavy atom. The molecule has 0 saturated carbocycles. The van der Waals surface area contributed by atoms with Gasteiger partial charge < -0.3 is 5.32 Å². The van der Waals surface area contributed by atoms with E-state index in [2.05, 4.69) is 43.3 Å². The van der Waals surface area contributed by atoms with Crippen LogP contribution in [0.25, 0.3) is 0 Å². The van der Waals surface area contributed by atoms with Crippen LogP contribution in [0.5, 0.6) is 0 Å². The van der Waals surface area contributed by atoms with Crippen LogP contribution in [-0.2, 0) is 12.0 Å². The molecule has 1 saturated heterocycles. The first-order valence-corrected chi connectivity index (χ1v) is 8.28. The second-order valence-electron chi connectivity index (χ2n) is 6.43. The van der Waals surface area contributed by atoms with Crippen molar-refractivity contribution in [2.45, 2.75) is 58.5 Å². The van der Waals surface area contributed by atoms with Crippen LogP contribution in [0.1, 0.15) is 51.2 Å². The fourth-order valence-electron chi connectivity index (χ4n) is 2.62. The zero-order valence-electron chi connectivity index (χ0n) is 12.7. The molecular formula is C15H27N3S. The van der Waals surface area contributed by atoms with Crippen molar-refractivity contribution in [3.8, 4) is 0 Å². The molecule has 1 aliphatic rings. The van der Waals surface area contributed by atoms with Crippen LogP contribution in [0, 0.1) is 0 Å². The summed E-state index contributed by atoms with van der Waals surface area (Å²) in [7, 11) is 0. The molecule has 1 fully saturated rings. The molecule has 19 heavy (non-hydrogen) atoms. The molecule has 2 heterocycles. The van der Waals surface area contributed by atoms with Gasteiger partial charge in [0.15, 0.2) is 0 Å². The van der Waals surface area contributed by atoms with Crippen LogP contribution in [0.15, 0.2) is 5.38 Å². The first-order chi connectivity index (χ1) is 9.00. The first kappa shape index (κ1) is 14.9. The van der Waals surface area contributed by atoms with Crippen molar-refractivity contribution >= 4 is 11.3 Å². The zero-order valence-corrected chi connectivity index (χ0v) is 13.5. The van der Waals surface area contributed by atoms with E-state index in [0.717, 1.165) is 19.1 Å². The molecule has 0 bridgehead atoms. The molecular weight excluding hydrogens is 254 g/mol. The minimum absolute atomic E-state index is 0.166. The monoisotopic (exact) mass is 281 g/mol. The van der Waals surface area contributed by atoms with Gasteiger partial charge >= 0.3 is 0 Å². The largest absolute Gasteiger partial charge is 0.309 e. The molecule has 1 aliphatic heterocycles. The minimum Gasteiger partial charge on any atom is -0.309 e. The minimum atomic E-state index is 0.166. The molecule has 1 N–H and O–H groups in total. The Balaban J connectivity index is 1.78. The van der Waals surface area contributed by atoms with Gasteiger partial charge in [-0.15, -0.1) is 11.3 Å². The standard InChI is InChI=1S/C15H27N3S/c1-5-18-8-6-7-12(18)9-16-10-14-17-13(11-19-14)15(2,3)4/h11-12,16H,5-10H2,1-4H3. The van der Waals surface area contributed by atoms with Gasteiger partial charge in [0.05, 0.1) is 5.69 Å². The Bertz CT molecular complexity index is 394. The van der Waals surface area contributed by atoms with Crippen molar-refractivity contribution in [1.82, 2.24) is 15.2 Å². The van der Waals surface area contributed by atoms with Gasteiger partial charge in [0, 0.05) is 29.9 Å². The molecule has 1 aromatic heterocycles. The van der Waals surface area contributed by atoms with Gasteiger partial charge in [-0.1, -0.05) is 27.7 Å². The molecule has 2 rings (SSSR count). The Kier molecular flexibility index (Phi) is 4.98. The Hall–Kier alpha value is -0.450. The predicted octanol–water partition coefficient (Wildman–Crippen LogP) is 3.01. The molecule has 4 heteroatoms. The lowest BCUT2D eigenvalue weighted by atomic mass is 9.93. The number of nitrogens with one attached hydrogen (secondary N) is 1. The Morgan fingerprint density at radius 2 is 2.26 bits per heavy atom. The average molecular weight is 281 g/mol. The van der Waals surface area contributed by atoms with E-state index in [-0.39, 0.29) is 5.41 Å². The maximum atomic E-state index is 4.73. The molecule has 0 spiro atoms. The Morgan fingerprint density at radius 3 is 2.89 bits per heavy atom. The summed E-state index contributed by atoms with van der Waals surface area (Å²) in [6.45, 7) is 13.4. The van der Waals surface area contributed by atoms with E-state index >= 15 is 0 Å². The number of rotatable bonds is 5. The quantitative estimate of drug-likeness (QED) is 0.899. The molecule has 0 aromatic carbocycles. The summed E-state index contributed by atoms with van der Waals surface area (Å²) in [5, 5.41) is 6.99. The van der Waals surface area contributed by atoms with E-state index in [4.69, 9.17) is 4.98 Å². The summed E-state index contributed by atoms with van der Waals surface area (Å²) in [4.78, 5) is 7.31. The SMILES string of the molecule is CCN1CCCC1CNCc1nc(C(C)(C)C)cs1. The second-order valence-corrected chi connectivity index (χ2v) is 7.37. The van der Waals surface area contributed by atoms with Crippen molar-refractivity contribution in [2.24, 2.45) is 0 Å². The fourth-order valence-corrected chi connectivity index (χ4v) is 3.62. The van der Waals surface area contributed by atoms with Crippen molar-refractivity contribution in [1.29, 1.82) is 0 Å². The number of thiazole rings is 1. The summed E-state index contributed by atoms with van der Waals surface area (Å²) in [6, 6.07) is 0.729. The highest BCUT2D eigenvalue weighted by atomic mass is 32.1. The van der Waals surface area contributed by atoms with E-state index in [9.17, 15) is 0 Å². The summed E-state index contributed by atoms with van der Waals surface area (Å²) in [6.07, 6.45) is 2.69. The fraction of sp³-hybridized carbons (Fsp3) is 0.800. The highest BCUT2D eigenvalue weighted by molar-refractivity contribution is 7.09. The molecule has 0 amide bonds. The summed E-state index contributed by atoms with van der Waals surface area (Å²) in [5.74, 6) is 0. The topological polar surface area (TPSA) is 28.2 Å². The maximum absolute atomic E-state index is 4.73. The lowest BCUT2D eigenvalue weighted by Gasteiger charge is -2.22. The molecule has 3 nitrogen and oxygen atoms in total. The lowest BCUT2D eigenvalue weighted by molar-refractivity contribution is 0.260. The highest BCUT2D eigenvalue weighted by Gasteiger charge is 2.22. The van der Waals surface area contributed by atoms with Crippen molar-refractivity contribution in [2.75, 3.05) is 19.6 Å². The van der Waals surface area contributed by atoms with Gasteiger partial charge in [0.2, 0.25) is 0 Å². The molecule has 0 radical (unpaired) electrons. The first-order valence-electron chi connectivity index (χ1n) is 7.40. The second kappa shape index (κ2) is 6.33. The lowest BCUT2D eigenvalue weighted by Crippen LogP contribution is -2.37. The van der Waals surface area contributed by atoms with Gasteiger partial charge in [-0.25, -0.2) is 4.98 Å². The van der Waals surface area contributed by atoms with Crippen molar-refractivity contribution < 1.29 is 0 Å². The van der Waals surface area contributed by atoms with E-state index in [1.54, 1.807) is 11.3 Å². The third-order valence-corrected chi connectivity index (χ3v) is 4.73. The van der Waals surface area contributed by atoms with E-state index in [0.29, 0.717) is 0 Å². The van der Waals surface area contributed by atoms with Crippen LogP contribution in [0.2, 0.25) is 0 Å². The van der Waals surface area contributed by atoms with Crippen LogP contribution in [-0.4, -0.2) is 35.6 Å². The smallest absolute Gasteiger partial charge is 0.107 e. The molecule has 0 aliphatic carbocycles. The third kappa shape index (κ3) is 4.01. The van der Waals surface area contributed by atoms with Crippen LogP contribution in [0.3, 0.4) is 0 Å². The van der Waals surface area contributed by atoms with E-state index < -0.39 is 0 Å².